The van der Waals surface area contributed by atoms with Gasteiger partial charge in [0.15, 0.2) is 0 Å². The van der Waals surface area contributed by atoms with Crippen molar-refractivity contribution in [2.45, 2.75) is 13.2 Å². The molecule has 0 unspecified atom stereocenters. The summed E-state index contributed by atoms with van der Waals surface area (Å²) in [6.07, 6.45) is 0. The normalized spacial score (nSPS) is 13.7. The zero-order chi connectivity index (χ0) is 12.7. The lowest BCUT2D eigenvalue weighted by atomic mass is 10.0. The van der Waals surface area contributed by atoms with Crippen LogP contribution in [-0.4, -0.2) is 5.78 Å². The van der Waals surface area contributed by atoms with E-state index in [1.165, 1.54) is 16.9 Å². The highest BCUT2D eigenvalue weighted by Gasteiger charge is 2.19. The van der Waals surface area contributed by atoms with E-state index in [-0.39, 0.29) is 5.78 Å². The molecule has 1 aliphatic heterocycles. The summed E-state index contributed by atoms with van der Waals surface area (Å²) in [4.78, 5) is 13.1. The molecule has 0 saturated heterocycles. The lowest BCUT2D eigenvalue weighted by molar-refractivity contribution is 0.104. The number of ketones is 1. The van der Waals surface area contributed by atoms with Crippen LogP contribution in [0.25, 0.3) is 0 Å². The van der Waals surface area contributed by atoms with E-state index in [9.17, 15) is 4.79 Å². The fraction of sp³-hybridized carbons (Fsp3) is 0.154. The summed E-state index contributed by atoms with van der Waals surface area (Å²) in [5, 5.41) is 1.91. The molecule has 18 heavy (non-hydrogen) atoms. The highest BCUT2D eigenvalue weighted by Crippen LogP contribution is 2.34. The van der Waals surface area contributed by atoms with Crippen molar-refractivity contribution in [1.29, 1.82) is 0 Å². The summed E-state index contributed by atoms with van der Waals surface area (Å²) in [6, 6.07) is 5.78. The fourth-order valence-electron chi connectivity index (χ4n) is 1.92. The van der Waals surface area contributed by atoms with Gasteiger partial charge >= 0.3 is 0 Å². The molecule has 3 rings (SSSR count). The number of fused-ring (bicyclic) bond motifs is 1. The van der Waals surface area contributed by atoms with Crippen molar-refractivity contribution in [1.82, 2.24) is 0 Å². The van der Waals surface area contributed by atoms with Gasteiger partial charge in [0.05, 0.1) is 22.6 Å². The fourth-order valence-corrected chi connectivity index (χ4v) is 4.03. The zero-order valence-electron chi connectivity index (χ0n) is 9.20. The summed E-state index contributed by atoms with van der Waals surface area (Å²) in [6.45, 7) is 1.25. The molecular weight excluding hydrogens is 380 g/mol. The van der Waals surface area contributed by atoms with Crippen LogP contribution in [0.3, 0.4) is 0 Å². The molecule has 1 aromatic carbocycles. The van der Waals surface area contributed by atoms with Crippen molar-refractivity contribution in [3.63, 3.8) is 0 Å². The smallest absolute Gasteiger partial charge is 0.204 e. The minimum atomic E-state index is 0.0484. The first kappa shape index (κ1) is 12.5. The van der Waals surface area contributed by atoms with Crippen molar-refractivity contribution in [2.24, 2.45) is 0 Å². The monoisotopic (exact) mass is 386 g/mol. The maximum absolute atomic E-state index is 12.4. The number of hydrogen-bond donors (Lipinski definition) is 0. The molecule has 0 amide bonds. The first-order valence-electron chi connectivity index (χ1n) is 5.33. The van der Waals surface area contributed by atoms with Crippen molar-refractivity contribution in [3.05, 3.63) is 54.1 Å². The van der Waals surface area contributed by atoms with Crippen LogP contribution in [-0.2, 0) is 18.0 Å². The van der Waals surface area contributed by atoms with Crippen molar-refractivity contribution in [3.8, 4) is 0 Å². The first-order chi connectivity index (χ1) is 8.66. The summed E-state index contributed by atoms with van der Waals surface area (Å²) < 4.78 is 7.10. The molecule has 0 atom stereocenters. The Morgan fingerprint density at radius 1 is 1.22 bits per heavy atom. The van der Waals surface area contributed by atoms with Gasteiger partial charge in [-0.25, -0.2) is 0 Å². The maximum atomic E-state index is 12.4. The molecule has 0 saturated carbocycles. The Morgan fingerprint density at radius 2 is 2.00 bits per heavy atom. The molecule has 0 spiro atoms. The molecule has 2 heterocycles. The second-order valence-electron chi connectivity index (χ2n) is 4.03. The quantitative estimate of drug-likeness (QED) is 0.707. The van der Waals surface area contributed by atoms with E-state index in [0.717, 1.165) is 19.4 Å². The van der Waals surface area contributed by atoms with Crippen LogP contribution < -0.4 is 0 Å². The number of carbonyl (C=O) groups is 1. The molecule has 0 N–H and O–H groups in total. The van der Waals surface area contributed by atoms with E-state index in [1.807, 2.05) is 23.6 Å². The predicted octanol–water partition coefficient (Wildman–Crippen LogP) is 4.53. The van der Waals surface area contributed by atoms with Gasteiger partial charge in [-0.15, -0.1) is 11.3 Å². The van der Waals surface area contributed by atoms with E-state index >= 15 is 0 Å². The van der Waals surface area contributed by atoms with Gasteiger partial charge in [-0.05, 0) is 49.1 Å². The van der Waals surface area contributed by atoms with Crippen LogP contribution >= 0.6 is 43.2 Å². The first-order valence-corrected chi connectivity index (χ1v) is 7.80. The van der Waals surface area contributed by atoms with Gasteiger partial charge in [-0.3, -0.25) is 4.79 Å². The topological polar surface area (TPSA) is 26.3 Å². The van der Waals surface area contributed by atoms with Gasteiger partial charge in [0, 0.05) is 15.4 Å². The molecule has 0 aliphatic carbocycles. The molecule has 5 heteroatoms. The Labute approximate surface area is 125 Å². The third-order valence-corrected chi connectivity index (χ3v) is 6.40. The van der Waals surface area contributed by atoms with Gasteiger partial charge in [0.25, 0.3) is 0 Å². The SMILES string of the molecule is O=C(c1ccc2c(c1)COC2)c1scc(Br)c1Br. The Hall–Kier alpha value is -0.490. The van der Waals surface area contributed by atoms with E-state index in [0.29, 0.717) is 18.8 Å². The minimum Gasteiger partial charge on any atom is -0.372 e. The lowest BCUT2D eigenvalue weighted by Gasteiger charge is -2.02. The molecule has 0 radical (unpaired) electrons. The molecule has 1 aromatic heterocycles. The van der Waals surface area contributed by atoms with Crippen LogP contribution in [0.5, 0.6) is 0 Å². The van der Waals surface area contributed by atoms with E-state index < -0.39 is 0 Å². The molecule has 0 bridgehead atoms. The lowest BCUT2D eigenvalue weighted by Crippen LogP contribution is -2.00. The van der Waals surface area contributed by atoms with Crippen LogP contribution in [0.4, 0.5) is 0 Å². The number of hydrogen-bond acceptors (Lipinski definition) is 3. The number of ether oxygens (including phenoxy) is 1. The van der Waals surface area contributed by atoms with Crippen LogP contribution in [0.1, 0.15) is 26.4 Å². The Kier molecular flexibility index (Phi) is 3.40. The highest BCUT2D eigenvalue weighted by molar-refractivity contribution is 9.13. The number of thiophene rings is 1. The molecule has 2 nitrogen and oxygen atoms in total. The molecule has 2 aromatic rings. The van der Waals surface area contributed by atoms with Crippen molar-refractivity contribution < 1.29 is 9.53 Å². The van der Waals surface area contributed by atoms with Gasteiger partial charge < -0.3 is 4.74 Å². The van der Waals surface area contributed by atoms with E-state index in [2.05, 4.69) is 31.9 Å². The molecule has 0 fully saturated rings. The van der Waals surface area contributed by atoms with Gasteiger partial charge in [-0.2, -0.15) is 0 Å². The third-order valence-electron chi connectivity index (χ3n) is 2.88. The summed E-state index contributed by atoms with van der Waals surface area (Å²) in [5.74, 6) is 0.0484. The number of benzene rings is 1. The van der Waals surface area contributed by atoms with E-state index in [4.69, 9.17) is 4.74 Å². The molecular formula is C13H8Br2O2S. The van der Waals surface area contributed by atoms with Gasteiger partial charge in [0.1, 0.15) is 0 Å². The predicted molar refractivity (Wildman–Crippen MR) is 78.1 cm³/mol. The van der Waals surface area contributed by atoms with E-state index in [1.54, 1.807) is 0 Å². The average Bonchev–Trinajstić information content (AvgIpc) is 2.96. The Morgan fingerprint density at radius 3 is 2.72 bits per heavy atom. The van der Waals surface area contributed by atoms with Gasteiger partial charge in [0.2, 0.25) is 5.78 Å². The zero-order valence-corrected chi connectivity index (χ0v) is 13.2. The van der Waals surface area contributed by atoms with Crippen molar-refractivity contribution >= 4 is 49.0 Å². The number of rotatable bonds is 2. The molecule has 92 valence electrons. The van der Waals surface area contributed by atoms with Gasteiger partial charge in [-0.1, -0.05) is 12.1 Å². The number of carbonyl (C=O) groups excluding carboxylic acids is 1. The van der Waals surface area contributed by atoms with Crippen LogP contribution in [0.15, 0.2) is 32.5 Å². The van der Waals surface area contributed by atoms with Crippen LogP contribution in [0.2, 0.25) is 0 Å². The molecule has 1 aliphatic rings. The maximum Gasteiger partial charge on any atom is 0.204 e. The second-order valence-corrected chi connectivity index (χ2v) is 6.56. The van der Waals surface area contributed by atoms with Crippen LogP contribution in [0, 0.1) is 0 Å². The highest BCUT2D eigenvalue weighted by atomic mass is 79.9. The summed E-state index contributed by atoms with van der Waals surface area (Å²) in [5.41, 5.74) is 3.01. The summed E-state index contributed by atoms with van der Waals surface area (Å²) in [7, 11) is 0. The second kappa shape index (κ2) is 4.89. The minimum absolute atomic E-state index is 0.0484. The standard InChI is InChI=1S/C13H8Br2O2S/c14-10-6-18-13(11(10)15)12(16)7-1-2-8-4-17-5-9(8)3-7/h1-3,6H,4-5H2. The number of halogens is 2. The summed E-state index contributed by atoms with van der Waals surface area (Å²) >= 11 is 8.26. The largest absolute Gasteiger partial charge is 0.372 e. The van der Waals surface area contributed by atoms with Crippen molar-refractivity contribution in [2.75, 3.05) is 0 Å². The Balaban J connectivity index is 2.00. The average molecular weight is 388 g/mol. The third kappa shape index (κ3) is 2.09. The Bertz CT molecular complexity index is 634.